The molecule has 2 aromatic carbocycles. The number of benzene rings is 2. The Kier molecular flexibility index (Phi) is 6.01. The molecule has 0 aliphatic carbocycles. The minimum atomic E-state index is -1.24. The maximum atomic E-state index is 11.7. The molecule has 4 rings (SSSR count). The van der Waals surface area contributed by atoms with Gasteiger partial charge in [0, 0.05) is 33.2 Å². The summed E-state index contributed by atoms with van der Waals surface area (Å²) in [6, 6.07) is 11.2. The smallest absolute Gasteiger partial charge is 0.545 e. The summed E-state index contributed by atoms with van der Waals surface area (Å²) in [5.41, 5.74) is 2.18. The van der Waals surface area contributed by atoms with Gasteiger partial charge in [0.25, 0.3) is 0 Å². The molecule has 0 saturated carbocycles. The molecule has 0 aromatic heterocycles. The summed E-state index contributed by atoms with van der Waals surface area (Å²) in [6.07, 6.45) is 6.44. The molecule has 4 bridgehead atoms. The zero-order valence-electron chi connectivity index (χ0n) is 15.1. The minimum absolute atomic E-state index is 0. The normalized spacial score (nSPS) is 15.3. The SMILES string of the molecule is C=C/C=C(C1=c2cc/c3cc2Oc2cc(ccc21)O\C=3)\C(=C/C)C(=O)[O-].[Rb+]. The molecule has 2 heterocycles. The van der Waals surface area contributed by atoms with E-state index in [0.717, 1.165) is 21.6 Å². The standard InChI is InChI=1S/C22H16O4.Rb/c1-3-5-16(15(4-2)22(23)24)21-17-8-6-13-10-19(17)26-20-11-14(25-12-13)7-9-18(20)21;/h3-12H,1H2,2H3,(H,23,24);/q;+1/p-1/b13-12-,15-4+,16-5+;. The Labute approximate surface area is 205 Å². The van der Waals surface area contributed by atoms with Gasteiger partial charge in [-0.2, -0.15) is 0 Å². The van der Waals surface area contributed by atoms with Crippen molar-refractivity contribution in [3.05, 3.63) is 88.4 Å². The molecule has 0 amide bonds. The minimum Gasteiger partial charge on any atom is -0.545 e. The van der Waals surface area contributed by atoms with Crippen molar-refractivity contribution in [1.29, 1.82) is 0 Å². The number of carboxylic acid groups (broad SMARTS) is 1. The molecule has 0 spiro atoms. The molecule has 2 aromatic rings. The fourth-order valence-electron chi connectivity index (χ4n) is 3.27. The van der Waals surface area contributed by atoms with Crippen LogP contribution in [-0.2, 0) is 4.79 Å². The number of carbonyl (C=O) groups is 1. The number of allylic oxidation sites excluding steroid dienone is 3. The summed E-state index contributed by atoms with van der Waals surface area (Å²) in [6.45, 7) is 5.41. The van der Waals surface area contributed by atoms with E-state index in [-0.39, 0.29) is 63.8 Å². The fraction of sp³-hybridized carbons (Fsp3) is 0.0455. The molecule has 2 aliphatic rings. The predicted molar refractivity (Wildman–Crippen MR) is 96.9 cm³/mol. The van der Waals surface area contributed by atoms with Gasteiger partial charge >= 0.3 is 58.2 Å². The monoisotopic (exact) mass is 428 g/mol. The molecular weight excluding hydrogens is 414 g/mol. The van der Waals surface area contributed by atoms with Crippen LogP contribution in [0.15, 0.2) is 72.4 Å². The topological polar surface area (TPSA) is 58.6 Å². The first-order valence-corrected chi connectivity index (χ1v) is 8.17. The van der Waals surface area contributed by atoms with Gasteiger partial charge in [-0.1, -0.05) is 30.9 Å². The molecule has 2 aliphatic heterocycles. The van der Waals surface area contributed by atoms with Crippen molar-refractivity contribution in [3.63, 3.8) is 0 Å². The molecule has 0 unspecified atom stereocenters. The van der Waals surface area contributed by atoms with Gasteiger partial charge in [0.2, 0.25) is 0 Å². The van der Waals surface area contributed by atoms with Crippen molar-refractivity contribution in [3.8, 4) is 17.2 Å². The average molecular weight is 429 g/mol. The third kappa shape index (κ3) is 3.55. The molecule has 0 atom stereocenters. The summed E-state index contributed by atoms with van der Waals surface area (Å²) >= 11 is 0. The van der Waals surface area contributed by atoms with Crippen molar-refractivity contribution >= 4 is 17.8 Å². The Morgan fingerprint density at radius 3 is 2.67 bits per heavy atom. The van der Waals surface area contributed by atoms with Crippen LogP contribution in [-0.4, -0.2) is 5.97 Å². The van der Waals surface area contributed by atoms with E-state index in [1.165, 1.54) is 6.08 Å². The van der Waals surface area contributed by atoms with Gasteiger partial charge in [-0.25, -0.2) is 0 Å². The number of hydrogen-bond donors (Lipinski definition) is 0. The van der Waals surface area contributed by atoms with E-state index in [2.05, 4.69) is 6.58 Å². The van der Waals surface area contributed by atoms with Crippen molar-refractivity contribution in [2.45, 2.75) is 6.92 Å². The van der Waals surface area contributed by atoms with Crippen LogP contribution < -0.4 is 83.2 Å². The number of rotatable bonds is 4. The maximum absolute atomic E-state index is 11.7. The van der Waals surface area contributed by atoms with E-state index >= 15 is 0 Å². The van der Waals surface area contributed by atoms with E-state index < -0.39 is 5.97 Å². The molecule has 128 valence electrons. The average Bonchev–Trinajstić information content (AvgIpc) is 2.67. The largest absolute Gasteiger partial charge is 1.00 e. The number of aliphatic carboxylic acids is 1. The molecule has 0 fully saturated rings. The summed E-state index contributed by atoms with van der Waals surface area (Å²) in [7, 11) is 0. The van der Waals surface area contributed by atoms with Crippen LogP contribution in [0.3, 0.4) is 0 Å². The molecule has 0 saturated heterocycles. The summed E-state index contributed by atoms with van der Waals surface area (Å²) in [5, 5.41) is 13.4. The third-order valence-corrected chi connectivity index (χ3v) is 4.40. The Bertz CT molecular complexity index is 1140. The Hall–Kier alpha value is -1.72. The number of carboxylic acids is 1. The van der Waals surface area contributed by atoms with Gasteiger partial charge in [-0.15, -0.1) is 0 Å². The fourth-order valence-corrected chi connectivity index (χ4v) is 3.27. The quantitative estimate of drug-likeness (QED) is 0.460. The maximum Gasteiger partial charge on any atom is 1.00 e. The Morgan fingerprint density at radius 1 is 1.15 bits per heavy atom. The van der Waals surface area contributed by atoms with Crippen LogP contribution in [0.4, 0.5) is 0 Å². The van der Waals surface area contributed by atoms with Crippen LogP contribution in [0.2, 0.25) is 0 Å². The first-order chi connectivity index (χ1) is 12.6. The summed E-state index contributed by atoms with van der Waals surface area (Å²) < 4.78 is 11.7. The van der Waals surface area contributed by atoms with Crippen LogP contribution in [0.5, 0.6) is 17.2 Å². The van der Waals surface area contributed by atoms with Gasteiger partial charge in [-0.05, 0) is 36.8 Å². The second-order valence-corrected chi connectivity index (χ2v) is 5.93. The van der Waals surface area contributed by atoms with E-state index in [1.807, 2.05) is 30.3 Å². The van der Waals surface area contributed by atoms with Gasteiger partial charge in [0.15, 0.2) is 0 Å². The molecule has 5 heteroatoms. The Balaban J connectivity index is 0.00000210. The van der Waals surface area contributed by atoms with E-state index in [0.29, 0.717) is 22.8 Å². The van der Waals surface area contributed by atoms with Gasteiger partial charge < -0.3 is 19.4 Å². The first-order valence-electron chi connectivity index (χ1n) is 8.17. The molecule has 0 radical (unpaired) electrons. The van der Waals surface area contributed by atoms with E-state index in [4.69, 9.17) is 9.47 Å². The summed E-state index contributed by atoms with van der Waals surface area (Å²) in [5.74, 6) is 0.667. The zero-order chi connectivity index (χ0) is 18.3. The molecule has 4 nitrogen and oxygen atoms in total. The van der Waals surface area contributed by atoms with Crippen molar-refractivity contribution in [2.75, 3.05) is 0 Å². The van der Waals surface area contributed by atoms with Crippen molar-refractivity contribution in [2.24, 2.45) is 0 Å². The van der Waals surface area contributed by atoms with Gasteiger partial charge in [0.05, 0.1) is 12.2 Å². The second-order valence-electron chi connectivity index (χ2n) is 5.93. The molecular formula is C22H15O4Rb. The Morgan fingerprint density at radius 2 is 1.96 bits per heavy atom. The van der Waals surface area contributed by atoms with Crippen LogP contribution in [0, 0.1) is 0 Å². The van der Waals surface area contributed by atoms with Gasteiger partial charge in [0.1, 0.15) is 17.2 Å². The third-order valence-electron chi connectivity index (χ3n) is 4.40. The molecule has 0 N–H and O–H groups in total. The van der Waals surface area contributed by atoms with Crippen molar-refractivity contribution < 1.29 is 77.6 Å². The number of hydrogen-bond acceptors (Lipinski definition) is 4. The van der Waals surface area contributed by atoms with Gasteiger partial charge in [-0.3, -0.25) is 0 Å². The predicted octanol–water partition coefficient (Wildman–Crippen LogP) is -1.07. The van der Waals surface area contributed by atoms with Crippen LogP contribution in [0.25, 0.3) is 11.8 Å². The first kappa shape index (κ1) is 20.0. The van der Waals surface area contributed by atoms with E-state index in [9.17, 15) is 9.90 Å². The summed E-state index contributed by atoms with van der Waals surface area (Å²) in [4.78, 5) is 11.7. The van der Waals surface area contributed by atoms with E-state index in [1.54, 1.807) is 31.4 Å². The number of fused-ring (bicyclic) bond motifs is 2. The van der Waals surface area contributed by atoms with Crippen LogP contribution in [0.1, 0.15) is 12.5 Å². The number of carbonyl (C=O) groups excluding carboxylic acids is 1. The second kappa shape index (κ2) is 8.11. The number of ether oxygens (including phenoxy) is 2. The zero-order valence-corrected chi connectivity index (χ0v) is 20.0. The van der Waals surface area contributed by atoms with Crippen molar-refractivity contribution in [1.82, 2.24) is 0 Å². The molecule has 27 heavy (non-hydrogen) atoms. The van der Waals surface area contributed by atoms with Crippen LogP contribution >= 0.6 is 0 Å².